The quantitative estimate of drug-likeness (QED) is 0.101. The second-order valence-corrected chi connectivity index (χ2v) is 14.0. The van der Waals surface area contributed by atoms with Crippen molar-refractivity contribution in [1.29, 1.82) is 0 Å². The molecule has 0 saturated carbocycles. The van der Waals surface area contributed by atoms with E-state index in [0.717, 1.165) is 18.4 Å². The van der Waals surface area contributed by atoms with Crippen LogP contribution in [0.1, 0.15) is 75.4 Å². The highest BCUT2D eigenvalue weighted by atomic mass is 35.5. The molecule has 1 aliphatic rings. The van der Waals surface area contributed by atoms with E-state index in [2.05, 4.69) is 34.9 Å². The number of carboxylic acid groups (broad SMARTS) is 1. The lowest BCUT2D eigenvalue weighted by atomic mass is 9.92. The van der Waals surface area contributed by atoms with Crippen molar-refractivity contribution in [2.24, 2.45) is 0 Å². The summed E-state index contributed by atoms with van der Waals surface area (Å²) in [6.07, 6.45) is 6.46. The Morgan fingerprint density at radius 1 is 1.20 bits per heavy atom. The van der Waals surface area contributed by atoms with Crippen molar-refractivity contribution in [1.82, 2.24) is 19.4 Å². The van der Waals surface area contributed by atoms with Crippen LogP contribution in [0.5, 0.6) is 5.75 Å². The first-order valence-corrected chi connectivity index (χ1v) is 16.8. The third kappa shape index (κ3) is 8.34. The highest BCUT2D eigenvalue weighted by Crippen LogP contribution is 2.39. The van der Waals surface area contributed by atoms with Crippen LogP contribution in [0, 0.1) is 12.7 Å². The van der Waals surface area contributed by atoms with E-state index < -0.39 is 17.7 Å². The second-order valence-electron chi connectivity index (χ2n) is 13.6. The van der Waals surface area contributed by atoms with Crippen LogP contribution in [-0.4, -0.2) is 67.9 Å². The van der Waals surface area contributed by atoms with Crippen LogP contribution in [0.15, 0.2) is 55.8 Å². The standard InChI is InChI=1S/C37H45ClFN5O5/c1-8-10-18-47-28-12-11-25(39)20-24(28)21-26-32(38)42-33(41-26)27-22-44-29(40-27)19-23(3)30(31(35(45)46)49-36(4,5)6)34(44)43-15-13-37(7,14-16-43)48-17-9-2/h8-9,11-12,19-20,22,31H,1-2,10,13-18,21H2,3-7H3,(H,41,42)(H,45,46). The average molecular weight is 694 g/mol. The lowest BCUT2D eigenvalue weighted by Crippen LogP contribution is -2.45. The number of benzene rings is 1. The van der Waals surface area contributed by atoms with E-state index in [1.807, 2.05) is 44.4 Å². The van der Waals surface area contributed by atoms with E-state index in [4.69, 9.17) is 30.8 Å². The molecule has 49 heavy (non-hydrogen) atoms. The molecule has 1 atom stereocenters. The van der Waals surface area contributed by atoms with E-state index in [1.54, 1.807) is 18.2 Å². The zero-order valence-corrected chi connectivity index (χ0v) is 29.6. The number of hydrogen-bond acceptors (Lipinski definition) is 7. The predicted octanol–water partition coefficient (Wildman–Crippen LogP) is 7.87. The van der Waals surface area contributed by atoms with Gasteiger partial charge in [-0.1, -0.05) is 23.8 Å². The van der Waals surface area contributed by atoms with Crippen LogP contribution in [0.3, 0.4) is 0 Å². The molecule has 12 heteroatoms. The average Bonchev–Trinajstić information content (AvgIpc) is 3.62. The molecular formula is C37H45ClFN5O5. The number of fused-ring (bicyclic) bond motifs is 1. The van der Waals surface area contributed by atoms with E-state index in [-0.39, 0.29) is 23.0 Å². The van der Waals surface area contributed by atoms with Crippen LogP contribution in [0.4, 0.5) is 10.2 Å². The maximum atomic E-state index is 14.3. The number of anilines is 1. The summed E-state index contributed by atoms with van der Waals surface area (Å²) in [7, 11) is 0. The van der Waals surface area contributed by atoms with Gasteiger partial charge in [-0.15, -0.1) is 13.2 Å². The summed E-state index contributed by atoms with van der Waals surface area (Å²) >= 11 is 6.63. The van der Waals surface area contributed by atoms with E-state index in [1.165, 1.54) is 12.1 Å². The van der Waals surface area contributed by atoms with Crippen LogP contribution in [0.25, 0.3) is 17.2 Å². The number of halogens is 2. The highest BCUT2D eigenvalue weighted by molar-refractivity contribution is 6.30. The zero-order chi connectivity index (χ0) is 35.5. The monoisotopic (exact) mass is 693 g/mol. The third-order valence-corrected chi connectivity index (χ3v) is 8.85. The van der Waals surface area contributed by atoms with E-state index >= 15 is 0 Å². The molecule has 1 fully saturated rings. The minimum atomic E-state index is -1.23. The number of carboxylic acids is 1. The Morgan fingerprint density at radius 3 is 2.59 bits per heavy atom. The van der Waals surface area contributed by atoms with Gasteiger partial charge in [0.25, 0.3) is 0 Å². The Morgan fingerprint density at radius 2 is 1.94 bits per heavy atom. The fraction of sp³-hybridized carbons (Fsp3) is 0.432. The summed E-state index contributed by atoms with van der Waals surface area (Å²) < 4.78 is 34.3. The number of pyridine rings is 1. The topological polar surface area (TPSA) is 114 Å². The molecule has 5 rings (SSSR count). The van der Waals surface area contributed by atoms with E-state index in [0.29, 0.717) is 78.3 Å². The Kier molecular flexibility index (Phi) is 10.9. The molecule has 1 aromatic carbocycles. The number of aromatic nitrogens is 4. The third-order valence-electron chi connectivity index (χ3n) is 8.54. The van der Waals surface area contributed by atoms with Crippen molar-refractivity contribution in [3.63, 3.8) is 0 Å². The van der Waals surface area contributed by atoms with Gasteiger partial charge in [0.15, 0.2) is 17.1 Å². The molecule has 0 spiro atoms. The summed E-state index contributed by atoms with van der Waals surface area (Å²) in [6, 6.07) is 6.24. The Labute approximate surface area is 291 Å². The largest absolute Gasteiger partial charge is 0.493 e. The number of aliphatic carboxylic acids is 1. The Balaban J connectivity index is 1.57. The van der Waals surface area contributed by atoms with Gasteiger partial charge in [-0.05, 0) is 83.7 Å². The van der Waals surface area contributed by atoms with Gasteiger partial charge in [-0.25, -0.2) is 19.2 Å². The highest BCUT2D eigenvalue weighted by Gasteiger charge is 2.37. The van der Waals surface area contributed by atoms with Crippen LogP contribution in [-0.2, 0) is 20.7 Å². The van der Waals surface area contributed by atoms with Crippen molar-refractivity contribution in [3.8, 4) is 17.3 Å². The minimum Gasteiger partial charge on any atom is -0.493 e. The van der Waals surface area contributed by atoms with Gasteiger partial charge >= 0.3 is 5.97 Å². The van der Waals surface area contributed by atoms with Crippen molar-refractivity contribution < 1.29 is 28.5 Å². The van der Waals surface area contributed by atoms with Crippen LogP contribution in [0.2, 0.25) is 5.15 Å². The minimum absolute atomic E-state index is 0.227. The summed E-state index contributed by atoms with van der Waals surface area (Å²) in [5.74, 6) is 0.192. The molecule has 0 bridgehead atoms. The molecule has 0 aliphatic carbocycles. The first-order chi connectivity index (χ1) is 23.2. The molecule has 1 unspecified atom stereocenters. The number of ether oxygens (including phenoxy) is 3. The van der Waals surface area contributed by atoms with Crippen molar-refractivity contribution in [3.05, 3.63) is 89.1 Å². The molecule has 1 saturated heterocycles. The number of imidazole rings is 2. The number of aromatic amines is 1. The maximum Gasteiger partial charge on any atom is 0.337 e. The van der Waals surface area contributed by atoms with Crippen LogP contribution < -0.4 is 9.64 Å². The molecule has 3 aromatic heterocycles. The van der Waals surface area contributed by atoms with Gasteiger partial charge in [0.05, 0.1) is 30.1 Å². The SMILES string of the molecule is C=CCCOc1ccc(F)cc1Cc1[nH]c(-c2cn3c(N4CCC(C)(OCC=C)CC4)c(C(OC(C)(C)C)C(=O)O)c(C)cc3n2)nc1Cl. The Bertz CT molecular complexity index is 1840. The zero-order valence-electron chi connectivity index (χ0n) is 28.8. The molecule has 4 heterocycles. The van der Waals surface area contributed by atoms with Gasteiger partial charge in [0.1, 0.15) is 28.7 Å². The summed E-state index contributed by atoms with van der Waals surface area (Å²) in [4.78, 5) is 27.7. The predicted molar refractivity (Wildman–Crippen MR) is 189 cm³/mol. The number of hydrogen-bond donors (Lipinski definition) is 2. The number of aryl methyl sites for hydroxylation is 1. The van der Waals surface area contributed by atoms with Crippen molar-refractivity contribution in [2.45, 2.75) is 77.6 Å². The molecular weight excluding hydrogens is 649 g/mol. The van der Waals surface area contributed by atoms with Crippen LogP contribution >= 0.6 is 11.6 Å². The summed E-state index contributed by atoms with van der Waals surface area (Å²) in [5.41, 5.74) is 2.55. The second kappa shape index (κ2) is 14.7. The number of nitrogens with zero attached hydrogens (tertiary/aromatic N) is 4. The molecule has 10 nitrogen and oxygen atoms in total. The van der Waals surface area contributed by atoms with Gasteiger partial charge in [0, 0.05) is 36.8 Å². The van der Waals surface area contributed by atoms with Gasteiger partial charge < -0.3 is 29.2 Å². The maximum absolute atomic E-state index is 14.3. The molecule has 4 aromatic rings. The molecule has 1 aliphatic heterocycles. The molecule has 0 radical (unpaired) electrons. The van der Waals surface area contributed by atoms with Gasteiger partial charge in [-0.3, -0.25) is 4.40 Å². The fourth-order valence-corrected chi connectivity index (χ4v) is 6.28. The number of carbonyl (C=O) groups is 1. The number of piperidine rings is 1. The molecule has 2 N–H and O–H groups in total. The fourth-order valence-electron chi connectivity index (χ4n) is 6.08. The summed E-state index contributed by atoms with van der Waals surface area (Å²) in [6.45, 7) is 19.1. The Hall–Kier alpha value is -4.19. The van der Waals surface area contributed by atoms with Gasteiger partial charge in [0.2, 0.25) is 0 Å². The molecule has 0 amide bonds. The normalized spacial score (nSPS) is 15.4. The van der Waals surface area contributed by atoms with Crippen molar-refractivity contribution in [2.75, 3.05) is 31.2 Å². The molecule has 262 valence electrons. The first kappa shape index (κ1) is 36.1. The lowest BCUT2D eigenvalue weighted by molar-refractivity contribution is -0.160. The summed E-state index contributed by atoms with van der Waals surface area (Å²) in [5, 5.41) is 10.7. The van der Waals surface area contributed by atoms with Gasteiger partial charge in [-0.2, -0.15) is 0 Å². The van der Waals surface area contributed by atoms with E-state index in [9.17, 15) is 14.3 Å². The first-order valence-electron chi connectivity index (χ1n) is 16.4. The smallest absolute Gasteiger partial charge is 0.337 e. The lowest BCUT2D eigenvalue weighted by Gasteiger charge is -2.41. The number of H-pyrrole nitrogens is 1. The van der Waals surface area contributed by atoms with Crippen molar-refractivity contribution >= 4 is 29.0 Å². The number of nitrogens with one attached hydrogen (secondary N) is 1. The number of rotatable bonds is 14.